The van der Waals surface area contributed by atoms with Crippen LogP contribution in [0.15, 0.2) is 30.3 Å². The molecule has 0 aliphatic rings. The smallest absolute Gasteiger partial charge is 0.304 e. The van der Waals surface area contributed by atoms with Gasteiger partial charge in [0.1, 0.15) is 10.0 Å². The monoisotopic (exact) mass is 315 g/mol. The zero-order chi connectivity index (χ0) is 15.3. The van der Waals surface area contributed by atoms with E-state index in [1.54, 1.807) is 0 Å². The van der Waals surface area contributed by atoms with Crippen LogP contribution in [0.3, 0.4) is 0 Å². The summed E-state index contributed by atoms with van der Waals surface area (Å²) in [6, 6.07) is 9.33. The van der Waals surface area contributed by atoms with E-state index in [1.807, 2.05) is 37.3 Å². The molecule has 0 saturated carbocycles. The SMILES string of the molecule is CCCNC(c1ccccc1)c1nnc(CC(F)(F)F)s1. The zero-order valence-corrected chi connectivity index (χ0v) is 12.3. The number of rotatable bonds is 6. The molecule has 1 heterocycles. The van der Waals surface area contributed by atoms with E-state index >= 15 is 0 Å². The van der Waals surface area contributed by atoms with E-state index in [0.717, 1.165) is 29.9 Å². The molecule has 1 N–H and O–H groups in total. The predicted octanol–water partition coefficient (Wildman–Crippen LogP) is 3.73. The summed E-state index contributed by atoms with van der Waals surface area (Å²) in [6.45, 7) is 2.79. The summed E-state index contributed by atoms with van der Waals surface area (Å²) in [7, 11) is 0. The number of alkyl halides is 3. The molecular weight excluding hydrogens is 299 g/mol. The second-order valence-electron chi connectivity index (χ2n) is 4.62. The fourth-order valence-electron chi connectivity index (χ4n) is 1.91. The second-order valence-corrected chi connectivity index (χ2v) is 5.72. The number of hydrogen-bond donors (Lipinski definition) is 1. The van der Waals surface area contributed by atoms with E-state index in [-0.39, 0.29) is 11.0 Å². The Morgan fingerprint density at radius 2 is 1.90 bits per heavy atom. The predicted molar refractivity (Wildman–Crippen MR) is 76.2 cm³/mol. The largest absolute Gasteiger partial charge is 0.395 e. The van der Waals surface area contributed by atoms with Gasteiger partial charge in [0, 0.05) is 0 Å². The zero-order valence-electron chi connectivity index (χ0n) is 11.5. The van der Waals surface area contributed by atoms with Crippen LogP contribution < -0.4 is 5.32 Å². The standard InChI is InChI=1S/C14H16F3N3S/c1-2-8-18-12(10-6-4-3-5-7-10)13-20-19-11(21-13)9-14(15,16)17/h3-7,12,18H,2,8-9H2,1H3. The lowest BCUT2D eigenvalue weighted by Gasteiger charge is -2.15. The molecule has 1 aromatic carbocycles. The van der Waals surface area contributed by atoms with Crippen LogP contribution in [0.1, 0.15) is 35.0 Å². The summed E-state index contributed by atoms with van der Waals surface area (Å²) in [6.07, 6.45) is -4.35. The highest BCUT2D eigenvalue weighted by atomic mass is 32.1. The summed E-state index contributed by atoms with van der Waals surface area (Å²) < 4.78 is 37.2. The van der Waals surface area contributed by atoms with Crippen LogP contribution in [0.25, 0.3) is 0 Å². The van der Waals surface area contributed by atoms with Crippen molar-refractivity contribution in [2.24, 2.45) is 0 Å². The molecule has 0 radical (unpaired) electrons. The molecule has 21 heavy (non-hydrogen) atoms. The average molecular weight is 315 g/mol. The highest BCUT2D eigenvalue weighted by molar-refractivity contribution is 7.11. The second kappa shape index (κ2) is 7.00. The number of aromatic nitrogens is 2. The Morgan fingerprint density at radius 1 is 1.19 bits per heavy atom. The first kappa shape index (κ1) is 15.9. The Morgan fingerprint density at radius 3 is 2.52 bits per heavy atom. The quantitative estimate of drug-likeness (QED) is 0.882. The minimum Gasteiger partial charge on any atom is -0.304 e. The van der Waals surface area contributed by atoms with Crippen LogP contribution in [-0.4, -0.2) is 22.9 Å². The molecule has 0 saturated heterocycles. The van der Waals surface area contributed by atoms with Crippen LogP contribution in [0.5, 0.6) is 0 Å². The van der Waals surface area contributed by atoms with Crippen LogP contribution >= 0.6 is 11.3 Å². The third-order valence-electron chi connectivity index (χ3n) is 2.81. The highest BCUT2D eigenvalue weighted by Crippen LogP contribution is 2.28. The molecule has 0 aliphatic heterocycles. The van der Waals surface area contributed by atoms with E-state index in [2.05, 4.69) is 15.5 Å². The molecule has 3 nitrogen and oxygen atoms in total. The van der Waals surface area contributed by atoms with E-state index in [1.165, 1.54) is 0 Å². The molecule has 0 aliphatic carbocycles. The van der Waals surface area contributed by atoms with Crippen molar-refractivity contribution >= 4 is 11.3 Å². The van der Waals surface area contributed by atoms with Crippen molar-refractivity contribution in [1.82, 2.24) is 15.5 Å². The normalized spacial score (nSPS) is 13.3. The number of hydrogen-bond acceptors (Lipinski definition) is 4. The van der Waals surface area contributed by atoms with Crippen LogP contribution in [0, 0.1) is 0 Å². The van der Waals surface area contributed by atoms with Gasteiger partial charge in [-0.05, 0) is 18.5 Å². The molecule has 0 fully saturated rings. The van der Waals surface area contributed by atoms with Crippen molar-refractivity contribution < 1.29 is 13.2 Å². The van der Waals surface area contributed by atoms with Crippen molar-refractivity contribution in [2.45, 2.75) is 32.0 Å². The summed E-state index contributed by atoms with van der Waals surface area (Å²) in [5.74, 6) is 0. The van der Waals surface area contributed by atoms with Crippen LogP contribution in [0.2, 0.25) is 0 Å². The van der Waals surface area contributed by atoms with Crippen molar-refractivity contribution in [1.29, 1.82) is 0 Å². The van der Waals surface area contributed by atoms with E-state index < -0.39 is 12.6 Å². The fourth-order valence-corrected chi connectivity index (χ4v) is 2.89. The lowest BCUT2D eigenvalue weighted by molar-refractivity contribution is -0.127. The van der Waals surface area contributed by atoms with Gasteiger partial charge in [-0.1, -0.05) is 48.6 Å². The first-order valence-corrected chi connectivity index (χ1v) is 7.48. The van der Waals surface area contributed by atoms with Gasteiger partial charge in [0.2, 0.25) is 0 Å². The summed E-state index contributed by atoms with van der Waals surface area (Å²) >= 11 is 1.01. The van der Waals surface area contributed by atoms with Gasteiger partial charge < -0.3 is 5.32 Å². The molecular formula is C14H16F3N3S. The lowest BCUT2D eigenvalue weighted by Crippen LogP contribution is -2.23. The van der Waals surface area contributed by atoms with Gasteiger partial charge in [0.05, 0.1) is 12.5 Å². The fraction of sp³-hybridized carbons (Fsp3) is 0.429. The minimum atomic E-state index is -4.25. The maximum Gasteiger partial charge on any atom is 0.395 e. The number of nitrogens with one attached hydrogen (secondary N) is 1. The van der Waals surface area contributed by atoms with Crippen LogP contribution in [-0.2, 0) is 6.42 Å². The Kier molecular flexibility index (Phi) is 5.30. The maximum absolute atomic E-state index is 12.4. The first-order valence-electron chi connectivity index (χ1n) is 6.67. The van der Waals surface area contributed by atoms with Crippen molar-refractivity contribution in [3.05, 3.63) is 45.9 Å². The minimum absolute atomic E-state index is 0.00303. The Labute approximate surface area is 125 Å². The van der Waals surface area contributed by atoms with E-state index in [0.29, 0.717) is 5.01 Å². The molecule has 114 valence electrons. The first-order chi connectivity index (χ1) is 9.99. The molecule has 1 unspecified atom stereocenters. The summed E-state index contributed by atoms with van der Waals surface area (Å²) in [5, 5.41) is 11.5. The molecule has 0 amide bonds. The molecule has 2 rings (SSSR count). The third-order valence-corrected chi connectivity index (χ3v) is 3.80. The number of benzene rings is 1. The summed E-state index contributed by atoms with van der Waals surface area (Å²) in [4.78, 5) is 0. The highest BCUT2D eigenvalue weighted by Gasteiger charge is 2.30. The van der Waals surface area contributed by atoms with E-state index in [4.69, 9.17) is 0 Å². The van der Waals surface area contributed by atoms with E-state index in [9.17, 15) is 13.2 Å². The third kappa shape index (κ3) is 4.78. The number of nitrogens with zero attached hydrogens (tertiary/aromatic N) is 2. The topological polar surface area (TPSA) is 37.8 Å². The van der Waals surface area contributed by atoms with Crippen molar-refractivity contribution in [3.8, 4) is 0 Å². The Bertz CT molecular complexity index is 554. The lowest BCUT2D eigenvalue weighted by atomic mass is 10.1. The van der Waals surface area contributed by atoms with Gasteiger partial charge in [-0.25, -0.2) is 0 Å². The molecule has 1 atom stereocenters. The number of halogens is 3. The van der Waals surface area contributed by atoms with Gasteiger partial charge >= 0.3 is 6.18 Å². The molecule has 0 spiro atoms. The maximum atomic E-state index is 12.4. The van der Waals surface area contributed by atoms with Crippen molar-refractivity contribution in [3.63, 3.8) is 0 Å². The van der Waals surface area contributed by atoms with Gasteiger partial charge in [-0.3, -0.25) is 0 Å². The van der Waals surface area contributed by atoms with Gasteiger partial charge in [-0.15, -0.1) is 10.2 Å². The Hall–Kier alpha value is -1.47. The molecule has 1 aromatic heterocycles. The van der Waals surface area contributed by atoms with Gasteiger partial charge in [0.25, 0.3) is 0 Å². The van der Waals surface area contributed by atoms with Crippen LogP contribution in [0.4, 0.5) is 13.2 Å². The van der Waals surface area contributed by atoms with Gasteiger partial charge in [-0.2, -0.15) is 13.2 Å². The molecule has 2 aromatic rings. The summed E-state index contributed by atoms with van der Waals surface area (Å²) in [5.41, 5.74) is 0.973. The average Bonchev–Trinajstić information content (AvgIpc) is 2.86. The van der Waals surface area contributed by atoms with Crippen molar-refractivity contribution in [2.75, 3.05) is 6.54 Å². The molecule has 7 heteroatoms. The van der Waals surface area contributed by atoms with Gasteiger partial charge in [0.15, 0.2) is 0 Å². The molecule has 0 bridgehead atoms. The Balaban J connectivity index is 2.21.